The predicted molar refractivity (Wildman–Crippen MR) is 95.3 cm³/mol. The normalized spacial score (nSPS) is 16.2. The van der Waals surface area contributed by atoms with Crippen molar-refractivity contribution in [2.24, 2.45) is 5.92 Å². The van der Waals surface area contributed by atoms with Crippen molar-refractivity contribution in [3.8, 4) is 5.75 Å². The minimum absolute atomic E-state index is 0.156. The molecule has 0 saturated heterocycles. The van der Waals surface area contributed by atoms with E-state index < -0.39 is 19.0 Å². The Morgan fingerprint density at radius 2 is 2.20 bits per heavy atom. The standard InChI is InChI=1S/C18H26BNO5/c1-4-16(21)20-15-11-13-8-5-9-14(17(13)25-19(15)23)18(22)24-10-6-7-12(2)3/h5,8-9,12,15,23H,4,6-7,10-11H2,1-3H3,(H,20,21)/t15-/m0/s1. The summed E-state index contributed by atoms with van der Waals surface area (Å²) in [6, 6.07) is 5.20. The molecule has 0 radical (unpaired) electrons. The maximum absolute atomic E-state index is 12.3. The van der Waals surface area contributed by atoms with Crippen LogP contribution < -0.4 is 9.97 Å². The molecule has 1 aromatic rings. The second kappa shape index (κ2) is 8.90. The minimum atomic E-state index is -1.20. The molecule has 0 unspecified atom stereocenters. The third-order valence-electron chi connectivity index (χ3n) is 4.17. The van der Waals surface area contributed by atoms with Crippen LogP contribution in [0, 0.1) is 5.92 Å². The fourth-order valence-corrected chi connectivity index (χ4v) is 2.75. The Kier molecular flexibility index (Phi) is 6.87. The van der Waals surface area contributed by atoms with Gasteiger partial charge in [0.05, 0.1) is 12.5 Å². The van der Waals surface area contributed by atoms with E-state index >= 15 is 0 Å². The van der Waals surface area contributed by atoms with Crippen LogP contribution in [0.2, 0.25) is 0 Å². The number of hydrogen-bond acceptors (Lipinski definition) is 5. The van der Waals surface area contributed by atoms with Gasteiger partial charge in [-0.05, 0) is 36.8 Å². The highest BCUT2D eigenvalue weighted by atomic mass is 16.5. The predicted octanol–water partition coefficient (Wildman–Crippen LogP) is 2.13. The van der Waals surface area contributed by atoms with E-state index in [-0.39, 0.29) is 5.91 Å². The first-order valence-electron chi connectivity index (χ1n) is 8.85. The van der Waals surface area contributed by atoms with Crippen molar-refractivity contribution in [2.75, 3.05) is 6.61 Å². The van der Waals surface area contributed by atoms with Gasteiger partial charge in [0, 0.05) is 6.42 Å². The lowest BCUT2D eigenvalue weighted by atomic mass is 9.72. The van der Waals surface area contributed by atoms with Gasteiger partial charge >= 0.3 is 13.1 Å². The smallest absolute Gasteiger partial charge is 0.534 e. The molecule has 1 atom stereocenters. The van der Waals surface area contributed by atoms with E-state index in [9.17, 15) is 14.6 Å². The zero-order valence-electron chi connectivity index (χ0n) is 15.1. The molecule has 2 rings (SSSR count). The van der Waals surface area contributed by atoms with Crippen molar-refractivity contribution >= 4 is 19.0 Å². The van der Waals surface area contributed by atoms with E-state index in [1.54, 1.807) is 19.1 Å². The third kappa shape index (κ3) is 5.23. The summed E-state index contributed by atoms with van der Waals surface area (Å²) in [5, 5.41) is 12.9. The highest BCUT2D eigenvalue weighted by molar-refractivity contribution is 6.47. The van der Waals surface area contributed by atoms with Gasteiger partial charge in [-0.15, -0.1) is 0 Å². The summed E-state index contributed by atoms with van der Waals surface area (Å²) in [5.41, 5.74) is 1.07. The zero-order valence-corrected chi connectivity index (χ0v) is 15.1. The Morgan fingerprint density at radius 1 is 1.44 bits per heavy atom. The summed E-state index contributed by atoms with van der Waals surface area (Å²) in [7, 11) is -1.20. The van der Waals surface area contributed by atoms with Gasteiger partial charge in [0.1, 0.15) is 11.3 Å². The molecule has 0 saturated carbocycles. The Labute approximate surface area is 149 Å². The highest BCUT2D eigenvalue weighted by Crippen LogP contribution is 2.30. The summed E-state index contributed by atoms with van der Waals surface area (Å²) >= 11 is 0. The summed E-state index contributed by atoms with van der Waals surface area (Å²) in [4.78, 5) is 23.9. The van der Waals surface area contributed by atoms with Gasteiger partial charge in [0.15, 0.2) is 0 Å². The second-order valence-electron chi connectivity index (χ2n) is 6.71. The van der Waals surface area contributed by atoms with Gasteiger partial charge in [-0.1, -0.05) is 32.9 Å². The maximum atomic E-state index is 12.3. The van der Waals surface area contributed by atoms with Crippen LogP contribution >= 0.6 is 0 Å². The maximum Gasteiger partial charge on any atom is 0.547 e. The number of nitrogens with one attached hydrogen (secondary N) is 1. The number of hydrogen-bond donors (Lipinski definition) is 2. The first-order chi connectivity index (χ1) is 11.9. The van der Waals surface area contributed by atoms with E-state index in [1.807, 2.05) is 6.07 Å². The van der Waals surface area contributed by atoms with Crippen LogP contribution in [-0.4, -0.2) is 36.6 Å². The van der Waals surface area contributed by atoms with E-state index in [2.05, 4.69) is 19.2 Å². The molecular weight excluding hydrogens is 321 g/mol. The van der Waals surface area contributed by atoms with E-state index in [4.69, 9.17) is 9.39 Å². The second-order valence-corrected chi connectivity index (χ2v) is 6.71. The topological polar surface area (TPSA) is 84.9 Å². The van der Waals surface area contributed by atoms with Gasteiger partial charge in [-0.25, -0.2) is 4.79 Å². The van der Waals surface area contributed by atoms with Gasteiger partial charge in [-0.3, -0.25) is 4.79 Å². The SMILES string of the molecule is CCC(=O)N[C@H]1Cc2cccc(C(=O)OCCCC(C)C)c2OB1O. The molecule has 0 aliphatic carbocycles. The lowest BCUT2D eigenvalue weighted by Gasteiger charge is -2.29. The molecule has 1 aliphatic heterocycles. The highest BCUT2D eigenvalue weighted by Gasteiger charge is 2.37. The van der Waals surface area contributed by atoms with E-state index in [0.717, 1.165) is 18.4 Å². The summed E-state index contributed by atoms with van der Waals surface area (Å²) < 4.78 is 10.8. The number of para-hydroxylation sites is 1. The van der Waals surface area contributed by atoms with Crippen molar-refractivity contribution < 1.29 is 24.0 Å². The zero-order chi connectivity index (χ0) is 18.4. The van der Waals surface area contributed by atoms with Gasteiger partial charge in [0.2, 0.25) is 5.91 Å². The molecule has 25 heavy (non-hydrogen) atoms. The molecule has 0 bridgehead atoms. The molecule has 0 spiro atoms. The van der Waals surface area contributed by atoms with Gasteiger partial charge in [-0.2, -0.15) is 0 Å². The van der Waals surface area contributed by atoms with Gasteiger partial charge < -0.3 is 19.7 Å². The molecule has 6 nitrogen and oxygen atoms in total. The summed E-state index contributed by atoms with van der Waals surface area (Å²) in [6.45, 7) is 6.35. The Bertz CT molecular complexity index is 619. The molecule has 0 fully saturated rings. The quantitative estimate of drug-likeness (QED) is 0.448. The lowest BCUT2D eigenvalue weighted by molar-refractivity contribution is -0.121. The van der Waals surface area contributed by atoms with Crippen LogP contribution in [0.5, 0.6) is 5.75 Å². The number of esters is 1. The molecule has 7 heteroatoms. The monoisotopic (exact) mass is 347 g/mol. The van der Waals surface area contributed by atoms with Crippen LogP contribution in [0.4, 0.5) is 0 Å². The molecular formula is C18H26BNO5. The Balaban J connectivity index is 2.05. The van der Waals surface area contributed by atoms with Crippen molar-refractivity contribution in [1.82, 2.24) is 5.32 Å². The molecule has 1 heterocycles. The molecule has 1 amide bonds. The molecule has 0 aromatic heterocycles. The largest absolute Gasteiger partial charge is 0.547 e. The van der Waals surface area contributed by atoms with Crippen molar-refractivity contribution in [1.29, 1.82) is 0 Å². The van der Waals surface area contributed by atoms with Gasteiger partial charge in [0.25, 0.3) is 0 Å². The van der Waals surface area contributed by atoms with Crippen molar-refractivity contribution in [3.05, 3.63) is 29.3 Å². The number of rotatable bonds is 7. The van der Waals surface area contributed by atoms with Crippen LogP contribution in [0.1, 0.15) is 56.0 Å². The lowest BCUT2D eigenvalue weighted by Crippen LogP contribution is -2.53. The van der Waals surface area contributed by atoms with Crippen LogP contribution in [0.25, 0.3) is 0 Å². The van der Waals surface area contributed by atoms with Crippen molar-refractivity contribution in [3.63, 3.8) is 0 Å². The van der Waals surface area contributed by atoms with Crippen LogP contribution in [-0.2, 0) is 16.0 Å². The minimum Gasteiger partial charge on any atom is -0.534 e. The Hall–Kier alpha value is -2.02. The summed E-state index contributed by atoms with van der Waals surface area (Å²) in [5.74, 6) is -0.235. The van der Waals surface area contributed by atoms with E-state index in [1.165, 1.54) is 0 Å². The molecule has 1 aliphatic rings. The summed E-state index contributed by atoms with van der Waals surface area (Å²) in [6.07, 6.45) is 2.54. The first kappa shape index (κ1) is 19.3. The third-order valence-corrected chi connectivity index (χ3v) is 4.17. The molecule has 136 valence electrons. The average Bonchev–Trinajstić information content (AvgIpc) is 2.58. The van der Waals surface area contributed by atoms with Crippen LogP contribution in [0.3, 0.4) is 0 Å². The van der Waals surface area contributed by atoms with Crippen LogP contribution in [0.15, 0.2) is 18.2 Å². The number of carbonyl (C=O) groups is 2. The molecule has 1 aromatic carbocycles. The molecule has 2 N–H and O–H groups in total. The number of fused-ring (bicyclic) bond motifs is 1. The fourth-order valence-electron chi connectivity index (χ4n) is 2.75. The Morgan fingerprint density at radius 3 is 2.88 bits per heavy atom. The number of carbonyl (C=O) groups excluding carboxylic acids is 2. The number of ether oxygens (including phenoxy) is 1. The number of amides is 1. The number of benzene rings is 1. The fraction of sp³-hybridized carbons (Fsp3) is 0.556. The first-order valence-corrected chi connectivity index (χ1v) is 8.85. The van der Waals surface area contributed by atoms with Crippen molar-refractivity contribution in [2.45, 2.75) is 52.4 Å². The van der Waals surface area contributed by atoms with E-state index in [0.29, 0.717) is 36.7 Å². The average molecular weight is 347 g/mol.